The van der Waals surface area contributed by atoms with E-state index in [-0.39, 0.29) is 10.1 Å². The topological polar surface area (TPSA) is 67.6 Å². The first-order valence-corrected chi connectivity index (χ1v) is 6.69. The molecule has 3 N–H and O–H groups in total. The van der Waals surface area contributed by atoms with Crippen molar-refractivity contribution in [3.05, 3.63) is 35.2 Å². The minimum Gasteiger partial charge on any atom is -0.330 e. The summed E-state index contributed by atoms with van der Waals surface area (Å²) in [5.74, 6) is 0.556. The van der Waals surface area contributed by atoms with Gasteiger partial charge in [-0.1, -0.05) is 6.07 Å². The van der Waals surface area contributed by atoms with Crippen LogP contribution in [-0.2, 0) is 12.6 Å². The zero-order chi connectivity index (χ0) is 14.8. The summed E-state index contributed by atoms with van der Waals surface area (Å²) in [7, 11) is 0. The number of hydrogen-bond acceptors (Lipinski definition) is 4. The number of nitrogens with zero attached hydrogens (tertiary/aromatic N) is 2. The lowest BCUT2D eigenvalue weighted by Gasteiger charge is -2.13. The van der Waals surface area contributed by atoms with Gasteiger partial charge >= 0.3 is 6.18 Å². The number of halogens is 3. The molecule has 20 heavy (non-hydrogen) atoms. The molecule has 0 spiro atoms. The Morgan fingerprint density at radius 3 is 2.65 bits per heavy atom. The van der Waals surface area contributed by atoms with Crippen molar-refractivity contribution in [2.24, 2.45) is 5.73 Å². The Morgan fingerprint density at radius 2 is 2.10 bits per heavy atom. The van der Waals surface area contributed by atoms with E-state index in [0.717, 1.165) is 17.8 Å². The van der Waals surface area contributed by atoms with Gasteiger partial charge in [-0.2, -0.15) is 13.2 Å². The van der Waals surface area contributed by atoms with Crippen molar-refractivity contribution in [3.63, 3.8) is 0 Å². The molecule has 0 fully saturated rings. The Kier molecular flexibility index (Phi) is 4.34. The van der Waals surface area contributed by atoms with Gasteiger partial charge in [-0.3, -0.25) is 5.10 Å². The molecule has 4 nitrogen and oxygen atoms in total. The number of aryl methyl sites for hydroxylation is 1. The van der Waals surface area contributed by atoms with E-state index in [1.54, 1.807) is 13.0 Å². The number of benzene rings is 1. The van der Waals surface area contributed by atoms with Crippen LogP contribution in [0.1, 0.15) is 17.0 Å². The van der Waals surface area contributed by atoms with E-state index >= 15 is 0 Å². The van der Waals surface area contributed by atoms with Crippen LogP contribution in [0.4, 0.5) is 13.2 Å². The van der Waals surface area contributed by atoms with Gasteiger partial charge in [0.1, 0.15) is 5.82 Å². The van der Waals surface area contributed by atoms with Gasteiger partial charge in [0.2, 0.25) is 5.16 Å². The molecule has 0 amide bonds. The van der Waals surface area contributed by atoms with Gasteiger partial charge in [0.05, 0.1) is 5.56 Å². The molecule has 1 aromatic carbocycles. The van der Waals surface area contributed by atoms with Gasteiger partial charge in [-0.15, -0.1) is 5.10 Å². The largest absolute Gasteiger partial charge is 0.417 e. The molecule has 0 saturated carbocycles. The highest BCUT2D eigenvalue weighted by molar-refractivity contribution is 7.99. The average Bonchev–Trinajstić information content (AvgIpc) is 2.76. The molecule has 0 aliphatic carbocycles. The highest BCUT2D eigenvalue weighted by Gasteiger charge is 2.34. The Balaban J connectivity index is 2.36. The predicted octanol–water partition coefficient (Wildman–Crippen LogP) is 2.78. The van der Waals surface area contributed by atoms with E-state index < -0.39 is 11.7 Å². The predicted molar refractivity (Wildman–Crippen MR) is 69.4 cm³/mol. The summed E-state index contributed by atoms with van der Waals surface area (Å²) < 4.78 is 39.3. The number of rotatable bonds is 4. The van der Waals surface area contributed by atoms with Crippen LogP contribution in [0, 0.1) is 6.92 Å². The Bertz CT molecular complexity index is 595. The normalized spacial score (nSPS) is 11.8. The maximum atomic E-state index is 13.1. The van der Waals surface area contributed by atoms with Crippen LogP contribution < -0.4 is 5.73 Å². The number of hydrogen-bond donors (Lipinski definition) is 2. The van der Waals surface area contributed by atoms with Crippen molar-refractivity contribution in [2.75, 3.05) is 6.54 Å². The van der Waals surface area contributed by atoms with E-state index in [1.165, 1.54) is 6.07 Å². The van der Waals surface area contributed by atoms with Crippen molar-refractivity contribution in [1.29, 1.82) is 0 Å². The Hall–Kier alpha value is -1.54. The lowest BCUT2D eigenvalue weighted by Crippen LogP contribution is -2.09. The van der Waals surface area contributed by atoms with Crippen LogP contribution in [0.25, 0.3) is 0 Å². The summed E-state index contributed by atoms with van der Waals surface area (Å²) in [6, 6.07) is 4.21. The van der Waals surface area contributed by atoms with E-state index in [0.29, 0.717) is 24.4 Å². The third-order valence-electron chi connectivity index (χ3n) is 2.56. The van der Waals surface area contributed by atoms with Crippen LogP contribution in [-0.4, -0.2) is 21.7 Å². The number of alkyl halides is 3. The Morgan fingerprint density at radius 1 is 1.35 bits per heavy atom. The highest BCUT2D eigenvalue weighted by atomic mass is 32.2. The molecule has 1 aromatic heterocycles. The zero-order valence-corrected chi connectivity index (χ0v) is 11.5. The fraction of sp³-hybridized carbons (Fsp3) is 0.333. The van der Waals surface area contributed by atoms with Crippen LogP contribution in [0.5, 0.6) is 0 Å². The van der Waals surface area contributed by atoms with E-state index in [1.807, 2.05) is 0 Å². The summed E-state index contributed by atoms with van der Waals surface area (Å²) in [5, 5.41) is 6.70. The van der Waals surface area contributed by atoms with Gasteiger partial charge < -0.3 is 5.73 Å². The molecule has 0 atom stereocenters. The molecular formula is C12H13F3N4S. The molecule has 2 aromatic rings. The second-order valence-electron chi connectivity index (χ2n) is 4.17. The van der Waals surface area contributed by atoms with Crippen molar-refractivity contribution < 1.29 is 13.2 Å². The fourth-order valence-electron chi connectivity index (χ4n) is 1.68. The maximum Gasteiger partial charge on any atom is 0.417 e. The number of H-pyrrole nitrogens is 1. The molecule has 0 saturated heterocycles. The first-order chi connectivity index (χ1) is 9.40. The quantitative estimate of drug-likeness (QED) is 0.911. The number of nitrogens with two attached hydrogens (primary N) is 1. The minimum atomic E-state index is -4.42. The second-order valence-corrected chi connectivity index (χ2v) is 5.18. The molecular weight excluding hydrogens is 289 g/mol. The van der Waals surface area contributed by atoms with E-state index in [2.05, 4.69) is 15.2 Å². The first kappa shape index (κ1) is 14.9. The minimum absolute atomic E-state index is 0.0808. The third kappa shape index (κ3) is 3.51. The van der Waals surface area contributed by atoms with Gasteiger partial charge in [-0.25, -0.2) is 4.98 Å². The summed E-state index contributed by atoms with van der Waals surface area (Å²) in [5.41, 5.74) is 5.25. The van der Waals surface area contributed by atoms with Crippen LogP contribution in [0.2, 0.25) is 0 Å². The summed E-state index contributed by atoms with van der Waals surface area (Å²) in [4.78, 5) is 4.08. The molecule has 8 heteroatoms. The summed E-state index contributed by atoms with van der Waals surface area (Å²) >= 11 is 0.884. The first-order valence-electron chi connectivity index (χ1n) is 5.87. The second kappa shape index (κ2) is 5.84. The summed E-state index contributed by atoms with van der Waals surface area (Å²) in [6.45, 7) is 2.00. The molecule has 1 heterocycles. The smallest absolute Gasteiger partial charge is 0.330 e. The molecule has 0 aliphatic rings. The zero-order valence-electron chi connectivity index (χ0n) is 10.7. The lowest BCUT2D eigenvalue weighted by molar-refractivity contribution is -0.139. The lowest BCUT2D eigenvalue weighted by atomic mass is 10.1. The summed E-state index contributed by atoms with van der Waals surface area (Å²) in [6.07, 6.45) is -4.01. The standard InChI is InChI=1S/C12H13F3N4S/c1-7-17-11(19-18-7)20-10-3-2-8(4-5-16)6-9(10)12(13,14)15/h2-3,6H,4-5,16H2,1H3,(H,17,18,19). The number of nitrogens with one attached hydrogen (secondary N) is 1. The molecule has 0 radical (unpaired) electrons. The van der Waals surface area contributed by atoms with Crippen LogP contribution >= 0.6 is 11.8 Å². The Labute approximate surface area is 118 Å². The number of aromatic nitrogens is 3. The van der Waals surface area contributed by atoms with Gasteiger partial charge in [-0.05, 0) is 49.3 Å². The third-order valence-corrected chi connectivity index (χ3v) is 3.50. The monoisotopic (exact) mass is 302 g/mol. The maximum absolute atomic E-state index is 13.1. The van der Waals surface area contributed by atoms with Crippen molar-refractivity contribution >= 4 is 11.8 Å². The molecule has 0 aliphatic heterocycles. The molecule has 0 bridgehead atoms. The van der Waals surface area contributed by atoms with E-state index in [4.69, 9.17) is 5.73 Å². The average molecular weight is 302 g/mol. The van der Waals surface area contributed by atoms with Gasteiger partial charge in [0.15, 0.2) is 0 Å². The molecule has 2 rings (SSSR count). The SMILES string of the molecule is Cc1nc(Sc2ccc(CCN)cc2C(F)(F)F)n[nH]1. The van der Waals surface area contributed by atoms with Gasteiger partial charge in [0.25, 0.3) is 0 Å². The molecule has 0 unspecified atom stereocenters. The van der Waals surface area contributed by atoms with Crippen LogP contribution in [0.15, 0.2) is 28.3 Å². The van der Waals surface area contributed by atoms with Crippen molar-refractivity contribution in [3.8, 4) is 0 Å². The van der Waals surface area contributed by atoms with Crippen molar-refractivity contribution in [1.82, 2.24) is 15.2 Å². The number of aromatic amines is 1. The fourth-order valence-corrected chi connectivity index (χ4v) is 2.57. The van der Waals surface area contributed by atoms with Crippen molar-refractivity contribution in [2.45, 2.75) is 29.6 Å². The highest BCUT2D eigenvalue weighted by Crippen LogP contribution is 2.39. The van der Waals surface area contributed by atoms with E-state index in [9.17, 15) is 13.2 Å². The molecule has 108 valence electrons. The van der Waals surface area contributed by atoms with Crippen LogP contribution in [0.3, 0.4) is 0 Å². The van der Waals surface area contributed by atoms with Gasteiger partial charge in [0, 0.05) is 4.90 Å².